The minimum Gasteiger partial charge on any atom is -0.465 e. The molecule has 116 valence electrons. The fraction of sp³-hybridized carbons (Fsp3) is 0.188. The van der Waals surface area contributed by atoms with Crippen LogP contribution in [0.3, 0.4) is 0 Å². The molecule has 0 aliphatic carbocycles. The van der Waals surface area contributed by atoms with Crippen molar-refractivity contribution in [2.45, 2.75) is 18.7 Å². The van der Waals surface area contributed by atoms with Crippen molar-refractivity contribution < 1.29 is 22.1 Å². The molecule has 0 heterocycles. The zero-order chi connectivity index (χ0) is 16.3. The molecule has 0 saturated heterocycles. The molecule has 2 aromatic carbocycles. The zero-order valence-corrected chi connectivity index (χ0v) is 13.3. The lowest BCUT2D eigenvalue weighted by Crippen LogP contribution is -2.10. The molecule has 0 aromatic heterocycles. The van der Waals surface area contributed by atoms with Crippen molar-refractivity contribution in [2.24, 2.45) is 0 Å². The molecule has 0 radical (unpaired) electrons. The SMILES string of the molecule is COC(=O)c1ccc(S(=O)(=O)Oc2cc(C)cc(C)c2)cc1. The third-order valence-electron chi connectivity index (χ3n) is 2.97. The van der Waals surface area contributed by atoms with Crippen LogP contribution < -0.4 is 4.18 Å². The molecular weight excluding hydrogens is 304 g/mol. The summed E-state index contributed by atoms with van der Waals surface area (Å²) in [6.07, 6.45) is 0. The largest absolute Gasteiger partial charge is 0.465 e. The number of benzene rings is 2. The Morgan fingerprint density at radius 3 is 2.00 bits per heavy atom. The van der Waals surface area contributed by atoms with E-state index in [1.807, 2.05) is 19.9 Å². The van der Waals surface area contributed by atoms with Gasteiger partial charge in [0, 0.05) is 0 Å². The average molecular weight is 320 g/mol. The fourth-order valence-electron chi connectivity index (χ4n) is 2.03. The summed E-state index contributed by atoms with van der Waals surface area (Å²) in [4.78, 5) is 11.3. The number of ether oxygens (including phenoxy) is 1. The normalized spacial score (nSPS) is 11.0. The highest BCUT2D eigenvalue weighted by molar-refractivity contribution is 7.87. The van der Waals surface area contributed by atoms with Crippen LogP contribution in [0.1, 0.15) is 21.5 Å². The van der Waals surface area contributed by atoms with E-state index in [-0.39, 0.29) is 16.2 Å². The second-order valence-electron chi connectivity index (χ2n) is 4.88. The van der Waals surface area contributed by atoms with Gasteiger partial charge in [0.15, 0.2) is 0 Å². The van der Waals surface area contributed by atoms with E-state index < -0.39 is 16.1 Å². The lowest BCUT2D eigenvalue weighted by Gasteiger charge is -2.09. The number of carbonyl (C=O) groups is 1. The average Bonchev–Trinajstić information content (AvgIpc) is 2.45. The van der Waals surface area contributed by atoms with Crippen LogP contribution in [0.4, 0.5) is 0 Å². The molecule has 0 fully saturated rings. The molecule has 0 unspecified atom stereocenters. The van der Waals surface area contributed by atoms with Crippen LogP contribution in [-0.2, 0) is 14.9 Å². The first-order valence-corrected chi connectivity index (χ1v) is 7.94. The van der Waals surface area contributed by atoms with E-state index >= 15 is 0 Å². The van der Waals surface area contributed by atoms with Gasteiger partial charge in [-0.25, -0.2) is 4.79 Å². The second-order valence-corrected chi connectivity index (χ2v) is 6.42. The van der Waals surface area contributed by atoms with Crippen LogP contribution in [0.25, 0.3) is 0 Å². The third-order valence-corrected chi connectivity index (χ3v) is 4.23. The van der Waals surface area contributed by atoms with Gasteiger partial charge in [-0.2, -0.15) is 8.42 Å². The van der Waals surface area contributed by atoms with Gasteiger partial charge in [-0.3, -0.25) is 0 Å². The van der Waals surface area contributed by atoms with E-state index in [4.69, 9.17) is 4.18 Å². The van der Waals surface area contributed by atoms with Crippen molar-refractivity contribution in [2.75, 3.05) is 7.11 Å². The summed E-state index contributed by atoms with van der Waals surface area (Å²) >= 11 is 0. The zero-order valence-electron chi connectivity index (χ0n) is 12.5. The Kier molecular flexibility index (Phi) is 4.51. The number of aryl methyl sites for hydroxylation is 2. The molecule has 2 rings (SSSR count). The maximum atomic E-state index is 12.2. The molecule has 0 amide bonds. The van der Waals surface area contributed by atoms with E-state index in [1.54, 1.807) is 12.1 Å². The minimum absolute atomic E-state index is 0.0284. The van der Waals surface area contributed by atoms with Crippen molar-refractivity contribution in [3.63, 3.8) is 0 Å². The molecule has 0 saturated carbocycles. The number of hydrogen-bond donors (Lipinski definition) is 0. The van der Waals surface area contributed by atoms with Crippen LogP contribution in [0.5, 0.6) is 5.75 Å². The van der Waals surface area contributed by atoms with E-state index in [2.05, 4.69) is 4.74 Å². The van der Waals surface area contributed by atoms with Gasteiger partial charge in [-0.05, 0) is 61.4 Å². The van der Waals surface area contributed by atoms with Crippen molar-refractivity contribution in [1.29, 1.82) is 0 Å². The first kappa shape index (κ1) is 16.0. The van der Waals surface area contributed by atoms with Crippen molar-refractivity contribution in [1.82, 2.24) is 0 Å². The highest BCUT2D eigenvalue weighted by Crippen LogP contribution is 2.22. The first-order chi connectivity index (χ1) is 10.3. The highest BCUT2D eigenvalue weighted by atomic mass is 32.2. The first-order valence-electron chi connectivity index (χ1n) is 6.53. The van der Waals surface area contributed by atoms with E-state index in [0.717, 1.165) is 11.1 Å². The molecule has 22 heavy (non-hydrogen) atoms. The quantitative estimate of drug-likeness (QED) is 0.640. The Morgan fingerprint density at radius 2 is 1.50 bits per heavy atom. The van der Waals surface area contributed by atoms with Crippen LogP contribution in [0, 0.1) is 13.8 Å². The number of methoxy groups -OCH3 is 1. The Hall–Kier alpha value is -2.34. The monoisotopic (exact) mass is 320 g/mol. The van der Waals surface area contributed by atoms with Gasteiger partial charge < -0.3 is 8.92 Å². The molecule has 0 N–H and O–H groups in total. The van der Waals surface area contributed by atoms with Crippen LogP contribution in [-0.4, -0.2) is 21.5 Å². The molecular formula is C16H16O5S. The lowest BCUT2D eigenvalue weighted by atomic mass is 10.1. The van der Waals surface area contributed by atoms with Gasteiger partial charge in [-0.1, -0.05) is 6.07 Å². The van der Waals surface area contributed by atoms with E-state index in [1.165, 1.54) is 31.4 Å². The summed E-state index contributed by atoms with van der Waals surface area (Å²) in [7, 11) is -2.69. The predicted molar refractivity (Wildman–Crippen MR) is 81.5 cm³/mol. The van der Waals surface area contributed by atoms with Crippen LogP contribution in [0.2, 0.25) is 0 Å². The second kappa shape index (κ2) is 6.19. The fourth-order valence-corrected chi connectivity index (χ4v) is 2.95. The summed E-state index contributed by atoms with van der Waals surface area (Å²) in [6.45, 7) is 3.72. The summed E-state index contributed by atoms with van der Waals surface area (Å²) in [5, 5.41) is 0. The van der Waals surface area contributed by atoms with Gasteiger partial charge >= 0.3 is 16.1 Å². The number of rotatable bonds is 4. The summed E-state index contributed by atoms with van der Waals surface area (Å²) in [5.74, 6) is -0.270. The third kappa shape index (κ3) is 3.65. The number of hydrogen-bond acceptors (Lipinski definition) is 5. The van der Waals surface area contributed by atoms with Gasteiger partial charge in [0.05, 0.1) is 12.7 Å². The van der Waals surface area contributed by atoms with Gasteiger partial charge in [-0.15, -0.1) is 0 Å². The van der Waals surface area contributed by atoms with Crippen LogP contribution >= 0.6 is 0 Å². The predicted octanol–water partition coefficient (Wildman–Crippen LogP) is 2.86. The Balaban J connectivity index is 2.28. The van der Waals surface area contributed by atoms with Gasteiger partial charge in [0.2, 0.25) is 0 Å². The maximum Gasteiger partial charge on any atom is 0.339 e. The molecule has 0 atom stereocenters. The Labute approximate surface area is 129 Å². The Bertz CT molecular complexity index is 772. The topological polar surface area (TPSA) is 69.7 Å². The number of carbonyl (C=O) groups excluding carboxylic acids is 1. The van der Waals surface area contributed by atoms with Gasteiger partial charge in [0.25, 0.3) is 0 Å². The lowest BCUT2D eigenvalue weighted by molar-refractivity contribution is 0.0600. The summed E-state index contributed by atoms with van der Waals surface area (Å²) in [5.41, 5.74) is 2.09. The number of esters is 1. The molecule has 0 spiro atoms. The van der Waals surface area contributed by atoms with E-state index in [0.29, 0.717) is 0 Å². The van der Waals surface area contributed by atoms with Gasteiger partial charge in [0.1, 0.15) is 10.6 Å². The molecule has 6 heteroatoms. The molecule has 0 aliphatic heterocycles. The smallest absolute Gasteiger partial charge is 0.339 e. The minimum atomic E-state index is -3.95. The molecule has 5 nitrogen and oxygen atoms in total. The maximum absolute atomic E-state index is 12.2. The molecule has 0 bridgehead atoms. The molecule has 2 aromatic rings. The highest BCUT2D eigenvalue weighted by Gasteiger charge is 2.18. The van der Waals surface area contributed by atoms with Crippen molar-refractivity contribution in [3.8, 4) is 5.75 Å². The van der Waals surface area contributed by atoms with Crippen molar-refractivity contribution >= 4 is 16.1 Å². The Morgan fingerprint density at radius 1 is 0.955 bits per heavy atom. The van der Waals surface area contributed by atoms with E-state index in [9.17, 15) is 13.2 Å². The molecule has 0 aliphatic rings. The standard InChI is InChI=1S/C16H16O5S/c1-11-8-12(2)10-14(9-11)21-22(18,19)15-6-4-13(5-7-15)16(17)20-3/h4-10H,1-3H3. The van der Waals surface area contributed by atoms with Crippen LogP contribution in [0.15, 0.2) is 47.4 Å². The summed E-state index contributed by atoms with van der Waals surface area (Å²) < 4.78 is 34.2. The van der Waals surface area contributed by atoms with Crippen molar-refractivity contribution in [3.05, 3.63) is 59.2 Å². The summed E-state index contributed by atoms with van der Waals surface area (Å²) in [6, 6.07) is 10.6.